The Labute approximate surface area is 124 Å². The van der Waals surface area contributed by atoms with Gasteiger partial charge in [0, 0.05) is 12.1 Å². The summed E-state index contributed by atoms with van der Waals surface area (Å²) < 4.78 is 17.8. The lowest BCUT2D eigenvalue weighted by Crippen LogP contribution is -2.26. The summed E-state index contributed by atoms with van der Waals surface area (Å²) in [5.41, 5.74) is 0.365. The summed E-state index contributed by atoms with van der Waals surface area (Å²) in [6.45, 7) is 2.77. The number of amides is 1. The highest BCUT2D eigenvalue weighted by Gasteiger charge is 2.07. The van der Waals surface area contributed by atoms with Crippen LogP contribution < -0.4 is 5.32 Å². The number of nitrogens with one attached hydrogen (secondary N) is 1. The van der Waals surface area contributed by atoms with Crippen LogP contribution in [-0.2, 0) is 9.53 Å². The van der Waals surface area contributed by atoms with Crippen molar-refractivity contribution >= 4 is 11.9 Å². The molecule has 1 amide bonds. The Balaban J connectivity index is 2.13. The fourth-order valence-corrected chi connectivity index (χ4v) is 1.77. The molecule has 0 aromatic heterocycles. The average Bonchev–Trinajstić information content (AvgIpc) is 2.47. The zero-order chi connectivity index (χ0) is 15.5. The fourth-order valence-electron chi connectivity index (χ4n) is 1.77. The van der Waals surface area contributed by atoms with Crippen molar-refractivity contribution < 1.29 is 18.7 Å². The molecule has 0 aliphatic heterocycles. The lowest BCUT2D eigenvalue weighted by Gasteiger charge is -2.06. The van der Waals surface area contributed by atoms with Gasteiger partial charge in [0.2, 0.25) is 0 Å². The maximum absolute atomic E-state index is 12.7. The largest absolute Gasteiger partial charge is 0.466 e. The van der Waals surface area contributed by atoms with Gasteiger partial charge < -0.3 is 10.1 Å². The Kier molecular flexibility index (Phi) is 8.09. The molecule has 0 saturated heterocycles. The second-order valence-electron chi connectivity index (χ2n) is 4.79. The molecule has 21 heavy (non-hydrogen) atoms. The van der Waals surface area contributed by atoms with E-state index in [0.29, 0.717) is 12.2 Å². The van der Waals surface area contributed by atoms with Crippen molar-refractivity contribution in [3.63, 3.8) is 0 Å². The second-order valence-corrected chi connectivity index (χ2v) is 4.79. The van der Waals surface area contributed by atoms with Crippen molar-refractivity contribution in [1.29, 1.82) is 0 Å². The fraction of sp³-hybridized carbons (Fsp3) is 0.500. The van der Waals surface area contributed by atoms with Crippen molar-refractivity contribution in [2.45, 2.75) is 39.0 Å². The minimum absolute atomic E-state index is 0.140. The maximum atomic E-state index is 12.7. The number of carbonyl (C=O) groups excluding carboxylic acids is 2. The number of benzene rings is 1. The molecule has 116 valence electrons. The Morgan fingerprint density at radius 1 is 1.14 bits per heavy atom. The third-order valence-corrected chi connectivity index (χ3v) is 2.98. The van der Waals surface area contributed by atoms with E-state index < -0.39 is 5.82 Å². The lowest BCUT2D eigenvalue weighted by atomic mass is 10.2. The number of rotatable bonds is 9. The number of hydrogen-bond acceptors (Lipinski definition) is 3. The van der Waals surface area contributed by atoms with Crippen LogP contribution in [0.15, 0.2) is 24.3 Å². The molecular weight excluding hydrogens is 273 g/mol. The summed E-state index contributed by atoms with van der Waals surface area (Å²) in [7, 11) is 0. The SMILES string of the molecule is CCCCCCOC(=O)CCNC(=O)c1ccc(F)cc1. The van der Waals surface area contributed by atoms with Crippen LogP contribution in [0.1, 0.15) is 49.4 Å². The van der Waals surface area contributed by atoms with Crippen LogP contribution in [0.5, 0.6) is 0 Å². The first-order chi connectivity index (χ1) is 10.1. The minimum atomic E-state index is -0.391. The molecule has 0 unspecified atom stereocenters. The maximum Gasteiger partial charge on any atom is 0.307 e. The van der Waals surface area contributed by atoms with Gasteiger partial charge in [-0.05, 0) is 30.7 Å². The van der Waals surface area contributed by atoms with Crippen LogP contribution in [0.3, 0.4) is 0 Å². The highest BCUT2D eigenvalue weighted by molar-refractivity contribution is 5.94. The molecule has 0 radical (unpaired) electrons. The topological polar surface area (TPSA) is 55.4 Å². The number of halogens is 1. The summed E-state index contributed by atoms with van der Waals surface area (Å²) in [6, 6.07) is 5.24. The van der Waals surface area contributed by atoms with Crippen molar-refractivity contribution in [1.82, 2.24) is 5.32 Å². The van der Waals surface area contributed by atoms with Crippen molar-refractivity contribution in [2.75, 3.05) is 13.2 Å². The van der Waals surface area contributed by atoms with E-state index in [4.69, 9.17) is 4.74 Å². The normalized spacial score (nSPS) is 10.2. The van der Waals surface area contributed by atoms with E-state index >= 15 is 0 Å². The van der Waals surface area contributed by atoms with Crippen LogP contribution >= 0.6 is 0 Å². The van der Waals surface area contributed by atoms with Crippen molar-refractivity contribution in [3.8, 4) is 0 Å². The van der Waals surface area contributed by atoms with Gasteiger partial charge >= 0.3 is 5.97 Å². The van der Waals surface area contributed by atoms with E-state index in [-0.39, 0.29) is 24.8 Å². The summed E-state index contributed by atoms with van der Waals surface area (Å²) in [5.74, 6) is -1.03. The summed E-state index contributed by atoms with van der Waals surface area (Å²) >= 11 is 0. The molecule has 0 spiro atoms. The van der Waals surface area contributed by atoms with E-state index in [2.05, 4.69) is 12.2 Å². The average molecular weight is 295 g/mol. The van der Waals surface area contributed by atoms with Gasteiger partial charge in [0.05, 0.1) is 13.0 Å². The Bertz CT molecular complexity index is 445. The van der Waals surface area contributed by atoms with Gasteiger partial charge in [-0.15, -0.1) is 0 Å². The van der Waals surface area contributed by atoms with E-state index in [9.17, 15) is 14.0 Å². The highest BCUT2D eigenvalue weighted by atomic mass is 19.1. The predicted octanol–water partition coefficient (Wildman–Crippen LogP) is 3.07. The zero-order valence-corrected chi connectivity index (χ0v) is 12.4. The quantitative estimate of drug-likeness (QED) is 0.562. The van der Waals surface area contributed by atoms with Crippen LogP contribution in [0.25, 0.3) is 0 Å². The van der Waals surface area contributed by atoms with E-state index in [0.717, 1.165) is 25.7 Å². The third kappa shape index (κ3) is 7.44. The van der Waals surface area contributed by atoms with Crippen LogP contribution in [-0.4, -0.2) is 25.0 Å². The first kappa shape index (κ1) is 17.1. The third-order valence-electron chi connectivity index (χ3n) is 2.98. The number of unbranched alkanes of at least 4 members (excludes halogenated alkanes) is 3. The molecule has 0 aliphatic carbocycles. The molecule has 0 saturated carbocycles. The van der Waals surface area contributed by atoms with Gasteiger partial charge in [0.1, 0.15) is 5.82 Å². The van der Waals surface area contributed by atoms with Crippen LogP contribution in [0.2, 0.25) is 0 Å². The van der Waals surface area contributed by atoms with E-state index in [1.807, 2.05) is 0 Å². The van der Waals surface area contributed by atoms with Gasteiger partial charge in [-0.3, -0.25) is 9.59 Å². The first-order valence-electron chi connectivity index (χ1n) is 7.33. The summed E-state index contributed by atoms with van der Waals surface area (Å²) in [5, 5.41) is 2.60. The number of esters is 1. The van der Waals surface area contributed by atoms with Gasteiger partial charge in [0.15, 0.2) is 0 Å². The highest BCUT2D eigenvalue weighted by Crippen LogP contribution is 2.02. The molecule has 0 fully saturated rings. The summed E-state index contributed by atoms with van der Waals surface area (Å²) in [6.07, 6.45) is 4.36. The van der Waals surface area contributed by atoms with Gasteiger partial charge in [-0.25, -0.2) is 4.39 Å². The van der Waals surface area contributed by atoms with E-state index in [1.165, 1.54) is 24.3 Å². The Hall–Kier alpha value is -1.91. The first-order valence-corrected chi connectivity index (χ1v) is 7.33. The molecule has 0 heterocycles. The van der Waals surface area contributed by atoms with Crippen molar-refractivity contribution in [2.24, 2.45) is 0 Å². The van der Waals surface area contributed by atoms with Crippen LogP contribution in [0, 0.1) is 5.82 Å². The second kappa shape index (κ2) is 9.91. The molecule has 4 nitrogen and oxygen atoms in total. The van der Waals surface area contributed by atoms with E-state index in [1.54, 1.807) is 0 Å². The van der Waals surface area contributed by atoms with Crippen LogP contribution in [0.4, 0.5) is 4.39 Å². The molecular formula is C16H22FNO3. The molecule has 1 aromatic carbocycles. The monoisotopic (exact) mass is 295 g/mol. The standard InChI is InChI=1S/C16H22FNO3/c1-2-3-4-5-12-21-15(19)10-11-18-16(20)13-6-8-14(17)9-7-13/h6-9H,2-5,10-12H2,1H3,(H,18,20). The Morgan fingerprint density at radius 2 is 1.86 bits per heavy atom. The molecule has 1 N–H and O–H groups in total. The lowest BCUT2D eigenvalue weighted by molar-refractivity contribution is -0.143. The predicted molar refractivity (Wildman–Crippen MR) is 78.5 cm³/mol. The molecule has 0 aliphatic rings. The minimum Gasteiger partial charge on any atom is -0.466 e. The smallest absolute Gasteiger partial charge is 0.307 e. The van der Waals surface area contributed by atoms with Gasteiger partial charge in [0.25, 0.3) is 5.91 Å². The molecule has 5 heteroatoms. The molecule has 0 atom stereocenters. The van der Waals surface area contributed by atoms with Gasteiger partial charge in [-0.2, -0.15) is 0 Å². The number of carbonyl (C=O) groups is 2. The zero-order valence-electron chi connectivity index (χ0n) is 12.4. The van der Waals surface area contributed by atoms with Gasteiger partial charge in [-0.1, -0.05) is 26.2 Å². The number of ether oxygens (including phenoxy) is 1. The summed E-state index contributed by atoms with van der Waals surface area (Å²) in [4.78, 5) is 23.1. The molecule has 1 aromatic rings. The van der Waals surface area contributed by atoms with Crippen molar-refractivity contribution in [3.05, 3.63) is 35.6 Å². The Morgan fingerprint density at radius 3 is 2.52 bits per heavy atom. The number of hydrogen-bond donors (Lipinski definition) is 1. The molecule has 1 rings (SSSR count). The molecule has 0 bridgehead atoms.